The van der Waals surface area contributed by atoms with Gasteiger partial charge < -0.3 is 8.83 Å². The third-order valence-electron chi connectivity index (χ3n) is 4.51. The van der Waals surface area contributed by atoms with Crippen LogP contribution in [-0.4, -0.2) is 9.97 Å². The van der Waals surface area contributed by atoms with Crippen molar-refractivity contribution >= 4 is 23.3 Å². The number of nitrogens with zero attached hydrogens (tertiary/aromatic N) is 2. The molecule has 2 aromatic heterocycles. The van der Waals surface area contributed by atoms with Crippen molar-refractivity contribution in [3.8, 4) is 0 Å². The van der Waals surface area contributed by atoms with Crippen molar-refractivity contribution in [2.24, 2.45) is 0 Å². The molecular weight excluding hydrogens is 276 g/mol. The highest BCUT2D eigenvalue weighted by molar-refractivity contribution is 5.87. The minimum atomic E-state index is 0.204. The van der Waals surface area contributed by atoms with Gasteiger partial charge >= 0.3 is 0 Å². The molecule has 0 saturated heterocycles. The zero-order valence-corrected chi connectivity index (χ0v) is 12.3. The van der Waals surface area contributed by atoms with Crippen molar-refractivity contribution in [3.63, 3.8) is 0 Å². The van der Waals surface area contributed by atoms with Crippen LogP contribution in [-0.2, 0) is 0 Å². The van der Waals surface area contributed by atoms with Gasteiger partial charge in [0.15, 0.2) is 17.4 Å². The quantitative estimate of drug-likeness (QED) is 0.617. The lowest BCUT2D eigenvalue weighted by Crippen LogP contribution is -2.15. The monoisotopic (exact) mass is 290 g/mol. The number of rotatable bonds is 0. The SMILES string of the molecule is Cc1nc2c(o1)C1C=Cc3c(ccc4nc(C)oc34)[C@@H]1C=C2. The van der Waals surface area contributed by atoms with Crippen LogP contribution in [0.25, 0.3) is 23.3 Å². The second-order valence-corrected chi connectivity index (χ2v) is 5.90. The fraction of sp³-hybridized carbons (Fsp3) is 0.222. The van der Waals surface area contributed by atoms with E-state index >= 15 is 0 Å². The molecular formula is C18H14N2O2. The van der Waals surface area contributed by atoms with E-state index < -0.39 is 0 Å². The van der Waals surface area contributed by atoms with Gasteiger partial charge in [0, 0.05) is 31.2 Å². The summed E-state index contributed by atoms with van der Waals surface area (Å²) >= 11 is 0. The molecule has 2 heterocycles. The first kappa shape index (κ1) is 12.0. The van der Waals surface area contributed by atoms with Crippen molar-refractivity contribution in [1.82, 2.24) is 9.97 Å². The van der Waals surface area contributed by atoms with Crippen molar-refractivity contribution in [2.45, 2.75) is 25.7 Å². The Hall–Kier alpha value is -2.62. The lowest BCUT2D eigenvalue weighted by molar-refractivity contribution is 0.446. The molecule has 2 aliphatic carbocycles. The van der Waals surface area contributed by atoms with E-state index in [0.29, 0.717) is 5.89 Å². The summed E-state index contributed by atoms with van der Waals surface area (Å²) in [7, 11) is 0. The molecule has 3 aromatic rings. The van der Waals surface area contributed by atoms with Crippen LogP contribution in [0.4, 0.5) is 0 Å². The Bertz CT molecular complexity index is 975. The van der Waals surface area contributed by atoms with E-state index in [4.69, 9.17) is 8.83 Å². The van der Waals surface area contributed by atoms with Gasteiger partial charge in [0.05, 0.1) is 0 Å². The minimum absolute atomic E-state index is 0.204. The molecule has 5 rings (SSSR count). The van der Waals surface area contributed by atoms with Crippen molar-refractivity contribution in [3.05, 3.63) is 58.6 Å². The van der Waals surface area contributed by atoms with E-state index in [1.165, 1.54) is 5.56 Å². The summed E-state index contributed by atoms with van der Waals surface area (Å²) < 4.78 is 11.6. The summed E-state index contributed by atoms with van der Waals surface area (Å²) in [6.45, 7) is 3.77. The number of hydrogen-bond donors (Lipinski definition) is 0. The molecule has 0 saturated carbocycles. The maximum Gasteiger partial charge on any atom is 0.192 e. The van der Waals surface area contributed by atoms with E-state index in [9.17, 15) is 0 Å². The third kappa shape index (κ3) is 1.47. The van der Waals surface area contributed by atoms with Crippen LogP contribution in [0.5, 0.6) is 0 Å². The standard InChI is InChI=1S/C18H14N2O2/c1-9-19-15-7-5-11-12-6-8-16-18(22-10(2)20-16)14(12)4-3-13(11)17(15)21-9/h3-8,11,13H,1-2H3/t11-,13?/m0/s1. The van der Waals surface area contributed by atoms with Crippen LogP contribution >= 0.6 is 0 Å². The Morgan fingerprint density at radius 3 is 2.64 bits per heavy atom. The lowest BCUT2D eigenvalue weighted by atomic mass is 9.75. The smallest absolute Gasteiger partial charge is 0.192 e. The first-order chi connectivity index (χ1) is 10.7. The van der Waals surface area contributed by atoms with Gasteiger partial charge in [-0.25, -0.2) is 9.97 Å². The number of benzene rings is 1. The van der Waals surface area contributed by atoms with Crippen molar-refractivity contribution in [2.75, 3.05) is 0 Å². The van der Waals surface area contributed by atoms with Crippen LogP contribution < -0.4 is 0 Å². The number of allylic oxidation sites excluding steroid dienone is 2. The van der Waals surface area contributed by atoms with Crippen molar-refractivity contribution in [1.29, 1.82) is 0 Å². The Morgan fingerprint density at radius 2 is 1.73 bits per heavy atom. The summed E-state index contributed by atoms with van der Waals surface area (Å²) in [4.78, 5) is 8.85. The molecule has 0 amide bonds. The van der Waals surface area contributed by atoms with E-state index in [1.807, 2.05) is 19.9 Å². The summed E-state index contributed by atoms with van der Waals surface area (Å²) in [5, 5.41) is 0. The fourth-order valence-corrected chi connectivity index (χ4v) is 3.60. The Balaban J connectivity index is 1.74. The zero-order chi connectivity index (χ0) is 14.8. The number of hydrogen-bond acceptors (Lipinski definition) is 4. The molecule has 0 radical (unpaired) electrons. The van der Waals surface area contributed by atoms with Gasteiger partial charge in [-0.2, -0.15) is 0 Å². The van der Waals surface area contributed by atoms with Gasteiger partial charge in [-0.1, -0.05) is 24.3 Å². The summed E-state index contributed by atoms with van der Waals surface area (Å²) in [5.41, 5.74) is 5.12. The Kier molecular flexibility index (Phi) is 2.16. The molecule has 0 bridgehead atoms. The maximum absolute atomic E-state index is 5.83. The van der Waals surface area contributed by atoms with Gasteiger partial charge in [0.1, 0.15) is 17.0 Å². The van der Waals surface area contributed by atoms with Crippen LogP contribution in [0, 0.1) is 13.8 Å². The summed E-state index contributed by atoms with van der Waals surface area (Å²) in [6.07, 6.45) is 8.60. The predicted molar refractivity (Wildman–Crippen MR) is 83.5 cm³/mol. The predicted octanol–water partition coefficient (Wildman–Crippen LogP) is 4.35. The summed E-state index contributed by atoms with van der Waals surface area (Å²) in [5.74, 6) is 2.84. The number of aryl methyl sites for hydroxylation is 2. The fourth-order valence-electron chi connectivity index (χ4n) is 3.60. The minimum Gasteiger partial charge on any atom is -0.445 e. The molecule has 108 valence electrons. The lowest BCUT2D eigenvalue weighted by Gasteiger charge is -2.28. The largest absolute Gasteiger partial charge is 0.445 e. The van der Waals surface area contributed by atoms with E-state index in [2.05, 4.69) is 40.3 Å². The van der Waals surface area contributed by atoms with Gasteiger partial charge in [-0.3, -0.25) is 0 Å². The molecule has 0 N–H and O–H groups in total. The second kappa shape index (κ2) is 3.97. The molecule has 22 heavy (non-hydrogen) atoms. The first-order valence-electron chi connectivity index (χ1n) is 7.44. The maximum atomic E-state index is 5.83. The third-order valence-corrected chi connectivity index (χ3v) is 4.51. The Labute approximate surface area is 127 Å². The molecule has 0 fully saturated rings. The molecule has 2 atom stereocenters. The first-order valence-corrected chi connectivity index (χ1v) is 7.44. The van der Waals surface area contributed by atoms with Crippen LogP contribution in [0.1, 0.15) is 46.2 Å². The van der Waals surface area contributed by atoms with Gasteiger partial charge in [-0.05, 0) is 17.7 Å². The molecule has 4 heteroatoms. The van der Waals surface area contributed by atoms with Gasteiger partial charge in [0.2, 0.25) is 0 Å². The molecule has 0 spiro atoms. The van der Waals surface area contributed by atoms with Crippen LogP contribution in [0.3, 0.4) is 0 Å². The zero-order valence-electron chi connectivity index (χ0n) is 12.3. The average Bonchev–Trinajstić information content (AvgIpc) is 3.07. The molecule has 2 aliphatic rings. The number of oxazole rings is 2. The average molecular weight is 290 g/mol. The second-order valence-electron chi connectivity index (χ2n) is 5.90. The topological polar surface area (TPSA) is 52.1 Å². The highest BCUT2D eigenvalue weighted by Crippen LogP contribution is 2.47. The van der Waals surface area contributed by atoms with E-state index in [0.717, 1.165) is 34.0 Å². The molecule has 1 unspecified atom stereocenters. The van der Waals surface area contributed by atoms with E-state index in [1.54, 1.807) is 0 Å². The van der Waals surface area contributed by atoms with Crippen LogP contribution in [0.15, 0.2) is 33.1 Å². The summed E-state index contributed by atoms with van der Waals surface area (Å²) in [6, 6.07) is 4.19. The molecule has 4 nitrogen and oxygen atoms in total. The number of aromatic nitrogens is 2. The van der Waals surface area contributed by atoms with Gasteiger partial charge in [-0.15, -0.1) is 0 Å². The number of fused-ring (bicyclic) bond motifs is 7. The Morgan fingerprint density at radius 1 is 0.909 bits per heavy atom. The highest BCUT2D eigenvalue weighted by Gasteiger charge is 2.34. The van der Waals surface area contributed by atoms with Crippen molar-refractivity contribution < 1.29 is 8.83 Å². The molecule has 0 aliphatic heterocycles. The van der Waals surface area contributed by atoms with Gasteiger partial charge in [0.25, 0.3) is 0 Å². The van der Waals surface area contributed by atoms with Crippen LogP contribution in [0.2, 0.25) is 0 Å². The normalized spacial score (nSPS) is 21.7. The highest BCUT2D eigenvalue weighted by atomic mass is 16.4. The van der Waals surface area contributed by atoms with E-state index in [-0.39, 0.29) is 11.8 Å². The molecule has 1 aromatic carbocycles.